The van der Waals surface area contributed by atoms with Crippen LogP contribution < -0.4 is 0 Å². The Bertz CT molecular complexity index is 359. The molecule has 1 atom stereocenters. The molecule has 1 aromatic heterocycles. The largest absolute Gasteiger partial charge is 0.465 e. The maximum Gasteiger partial charge on any atom is 0.360 e. The molecule has 3 nitrogen and oxygen atoms in total. The Morgan fingerprint density at radius 2 is 2.27 bits per heavy atom. The fourth-order valence-corrected chi connectivity index (χ4v) is 2.99. The SMILES string of the molecule is COC(=O)C[s+]1cccc1CCC(=O)Cl. The summed E-state index contributed by atoms with van der Waals surface area (Å²) in [5.74, 6) is 0.128. The minimum atomic E-state index is -0.343. The third kappa shape index (κ3) is 4.01. The van der Waals surface area contributed by atoms with Crippen molar-refractivity contribution in [1.29, 1.82) is 0 Å². The number of hydrogen-bond donors (Lipinski definition) is 0. The zero-order chi connectivity index (χ0) is 11.3. The molecule has 1 heterocycles. The van der Waals surface area contributed by atoms with Gasteiger partial charge < -0.3 is 4.74 Å². The highest BCUT2D eigenvalue weighted by molar-refractivity contribution is 7.30. The zero-order valence-electron chi connectivity index (χ0n) is 8.36. The lowest BCUT2D eigenvalue weighted by molar-refractivity contribution is -0.138. The van der Waals surface area contributed by atoms with Crippen LogP contribution in [-0.4, -0.2) is 18.3 Å². The van der Waals surface area contributed by atoms with E-state index in [1.165, 1.54) is 7.11 Å². The standard InChI is InChI=1S/C10H12ClO3S/c1-14-10(13)7-15-6-2-3-8(15)4-5-9(11)12/h2-3,6H,4-5,7H2,1H3/q+1. The second-order valence-corrected chi connectivity index (χ2v) is 5.33. The van der Waals surface area contributed by atoms with Crippen molar-refractivity contribution in [3.8, 4) is 0 Å². The van der Waals surface area contributed by atoms with Crippen LogP contribution in [-0.2, 0) is 26.5 Å². The molecule has 82 valence electrons. The van der Waals surface area contributed by atoms with Crippen molar-refractivity contribution in [1.82, 2.24) is 0 Å². The predicted octanol–water partition coefficient (Wildman–Crippen LogP) is 2.31. The Kier molecular flexibility index (Phi) is 4.78. The van der Waals surface area contributed by atoms with Gasteiger partial charge in [-0.3, -0.25) is 4.79 Å². The zero-order valence-corrected chi connectivity index (χ0v) is 9.94. The summed E-state index contributed by atoms with van der Waals surface area (Å²) in [4.78, 5) is 22.8. The molecule has 0 radical (unpaired) electrons. The van der Waals surface area contributed by atoms with Gasteiger partial charge in [0.25, 0.3) is 0 Å². The Morgan fingerprint density at radius 1 is 1.53 bits per heavy atom. The van der Waals surface area contributed by atoms with Gasteiger partial charge in [-0.15, -0.1) is 0 Å². The summed E-state index contributed by atoms with van der Waals surface area (Å²) < 4.78 is 4.60. The van der Waals surface area contributed by atoms with Crippen LogP contribution in [0.3, 0.4) is 0 Å². The van der Waals surface area contributed by atoms with Crippen LogP contribution in [0, 0.1) is 0 Å². The molecule has 0 N–H and O–H groups in total. The molecule has 1 unspecified atom stereocenters. The van der Waals surface area contributed by atoms with Gasteiger partial charge in [0.05, 0.1) is 7.11 Å². The van der Waals surface area contributed by atoms with Gasteiger partial charge in [-0.1, -0.05) is 0 Å². The average Bonchev–Trinajstić information content (AvgIpc) is 2.62. The van der Waals surface area contributed by atoms with E-state index >= 15 is 0 Å². The van der Waals surface area contributed by atoms with E-state index in [0.29, 0.717) is 18.6 Å². The van der Waals surface area contributed by atoms with Crippen molar-refractivity contribution >= 4 is 33.3 Å². The number of methoxy groups -OCH3 is 1. The van der Waals surface area contributed by atoms with Gasteiger partial charge in [-0.2, -0.15) is 0 Å². The Morgan fingerprint density at radius 3 is 2.87 bits per heavy atom. The van der Waals surface area contributed by atoms with Crippen molar-refractivity contribution in [2.75, 3.05) is 7.11 Å². The van der Waals surface area contributed by atoms with Crippen molar-refractivity contribution in [3.05, 3.63) is 22.4 Å². The van der Waals surface area contributed by atoms with Gasteiger partial charge in [0.15, 0.2) is 4.88 Å². The molecule has 0 saturated heterocycles. The first kappa shape index (κ1) is 12.2. The number of rotatable bonds is 5. The third-order valence-electron chi connectivity index (χ3n) is 1.93. The van der Waals surface area contributed by atoms with Crippen LogP contribution in [0.1, 0.15) is 11.3 Å². The molecule has 0 aliphatic heterocycles. The molecule has 0 fully saturated rings. The number of halogens is 1. The molecule has 1 aromatic rings. The topological polar surface area (TPSA) is 43.4 Å². The van der Waals surface area contributed by atoms with Crippen molar-refractivity contribution in [2.45, 2.75) is 18.6 Å². The molecule has 0 bridgehead atoms. The van der Waals surface area contributed by atoms with E-state index in [-0.39, 0.29) is 21.7 Å². The molecular formula is C10H12ClO3S+. The average molecular weight is 248 g/mol. The molecule has 0 aromatic carbocycles. The molecule has 0 amide bonds. The van der Waals surface area contributed by atoms with Crippen molar-refractivity contribution < 1.29 is 14.3 Å². The van der Waals surface area contributed by atoms with Gasteiger partial charge in [-0.25, -0.2) is 4.79 Å². The van der Waals surface area contributed by atoms with Crippen LogP contribution in [0.4, 0.5) is 0 Å². The highest BCUT2D eigenvalue weighted by atomic mass is 35.5. The van der Waals surface area contributed by atoms with E-state index in [9.17, 15) is 9.59 Å². The summed E-state index contributed by atoms with van der Waals surface area (Å²) in [6.45, 7) is 0. The van der Waals surface area contributed by atoms with E-state index < -0.39 is 0 Å². The second-order valence-electron chi connectivity index (χ2n) is 2.97. The van der Waals surface area contributed by atoms with Crippen LogP contribution in [0.2, 0.25) is 0 Å². The first-order valence-corrected chi connectivity index (χ1v) is 6.29. The highest BCUT2D eigenvalue weighted by Crippen LogP contribution is 2.27. The van der Waals surface area contributed by atoms with E-state index in [0.717, 1.165) is 4.88 Å². The summed E-state index contributed by atoms with van der Waals surface area (Å²) in [6.07, 6.45) is 0.940. The molecular weight excluding hydrogens is 236 g/mol. The smallest absolute Gasteiger partial charge is 0.360 e. The second kappa shape index (κ2) is 5.88. The molecule has 0 aliphatic rings. The minimum absolute atomic E-state index is 0.216. The maximum atomic E-state index is 11.1. The maximum absolute atomic E-state index is 11.1. The molecule has 0 aliphatic carbocycles. The van der Waals surface area contributed by atoms with Crippen molar-refractivity contribution in [2.24, 2.45) is 0 Å². The van der Waals surface area contributed by atoms with Crippen LogP contribution in [0.5, 0.6) is 0 Å². The number of carbonyl (C=O) groups is 2. The lowest BCUT2D eigenvalue weighted by Crippen LogP contribution is -2.01. The Labute approximate surface area is 96.0 Å². The lowest BCUT2D eigenvalue weighted by Gasteiger charge is -1.94. The van der Waals surface area contributed by atoms with E-state index in [2.05, 4.69) is 4.74 Å². The Balaban J connectivity index is 2.60. The van der Waals surface area contributed by atoms with Crippen molar-refractivity contribution in [3.63, 3.8) is 0 Å². The fraction of sp³-hybridized carbons (Fsp3) is 0.400. The quantitative estimate of drug-likeness (QED) is 0.456. The molecule has 15 heavy (non-hydrogen) atoms. The molecule has 1 rings (SSSR count). The van der Waals surface area contributed by atoms with Gasteiger partial charge in [0.2, 0.25) is 11.0 Å². The van der Waals surface area contributed by atoms with E-state index in [1.54, 1.807) is 0 Å². The molecule has 0 spiro atoms. The summed E-state index contributed by atoms with van der Waals surface area (Å²) in [7, 11) is 1.16. The number of thiophene rings is 1. The van der Waals surface area contributed by atoms with Crippen LogP contribution >= 0.6 is 22.1 Å². The predicted molar refractivity (Wildman–Crippen MR) is 60.1 cm³/mol. The number of hydrogen-bond acceptors (Lipinski definition) is 3. The summed E-state index contributed by atoms with van der Waals surface area (Å²) >= 11 is 5.26. The number of esters is 1. The minimum Gasteiger partial charge on any atom is -0.465 e. The van der Waals surface area contributed by atoms with Gasteiger partial charge in [0.1, 0.15) is 5.38 Å². The van der Waals surface area contributed by atoms with Gasteiger partial charge in [-0.05, 0) is 34.2 Å². The number of carbonyl (C=O) groups excluding carboxylic acids is 2. The number of ether oxygens (including phenoxy) is 1. The fourth-order valence-electron chi connectivity index (χ4n) is 1.18. The monoisotopic (exact) mass is 247 g/mol. The highest BCUT2D eigenvalue weighted by Gasteiger charge is 2.17. The molecule has 5 heteroatoms. The summed E-state index contributed by atoms with van der Waals surface area (Å²) in [5.41, 5.74) is 0. The third-order valence-corrected chi connectivity index (χ3v) is 4.17. The first-order chi connectivity index (χ1) is 7.13. The summed E-state index contributed by atoms with van der Waals surface area (Å²) in [6, 6.07) is 3.84. The Hall–Kier alpha value is -0.870. The van der Waals surface area contributed by atoms with Gasteiger partial charge in [0, 0.05) is 12.8 Å². The summed E-state index contributed by atoms with van der Waals surface area (Å²) in [5, 5.41) is 1.62. The first-order valence-electron chi connectivity index (χ1n) is 4.45. The molecule has 0 saturated carbocycles. The number of aryl methyl sites for hydroxylation is 1. The van der Waals surface area contributed by atoms with E-state index in [4.69, 9.17) is 11.6 Å². The lowest BCUT2D eigenvalue weighted by atomic mass is 10.3. The van der Waals surface area contributed by atoms with Crippen LogP contribution in [0.25, 0.3) is 0 Å². The van der Waals surface area contributed by atoms with Crippen LogP contribution in [0.15, 0.2) is 17.5 Å². The van der Waals surface area contributed by atoms with E-state index in [1.807, 2.05) is 17.5 Å². The normalized spacial score (nSPS) is 11.2. The van der Waals surface area contributed by atoms with Gasteiger partial charge >= 0.3 is 5.97 Å².